The first kappa shape index (κ1) is 20.2. The van der Waals surface area contributed by atoms with Gasteiger partial charge < -0.3 is 9.64 Å². The number of carbonyl (C=O) groups is 1. The number of piperidine rings is 1. The maximum Gasteiger partial charge on any atom is 0.261 e. The minimum Gasteiger partial charge on any atom is -0.476 e. The zero-order valence-corrected chi connectivity index (χ0v) is 17.8. The molecule has 3 aromatic heterocycles. The number of aryl methyl sites for hydroxylation is 1. The van der Waals surface area contributed by atoms with Gasteiger partial charge in [0.25, 0.3) is 5.56 Å². The average Bonchev–Trinajstić information content (AvgIpc) is 3.19. The van der Waals surface area contributed by atoms with E-state index in [4.69, 9.17) is 4.74 Å². The Bertz CT molecular complexity index is 1340. The number of rotatable bonds is 5. The van der Waals surface area contributed by atoms with E-state index in [2.05, 4.69) is 15.1 Å². The molecule has 9 heteroatoms. The monoisotopic (exact) mass is 432 g/mol. The zero-order chi connectivity index (χ0) is 22.1. The molecule has 5 rings (SSSR count). The quantitative estimate of drug-likeness (QED) is 0.479. The van der Waals surface area contributed by atoms with Crippen molar-refractivity contribution in [3.8, 4) is 5.88 Å². The maximum atomic E-state index is 12.8. The van der Waals surface area contributed by atoms with Gasteiger partial charge in [-0.1, -0.05) is 12.1 Å². The van der Waals surface area contributed by atoms with Crippen molar-refractivity contribution in [1.82, 2.24) is 29.0 Å². The van der Waals surface area contributed by atoms with Gasteiger partial charge in [-0.25, -0.2) is 14.5 Å². The highest BCUT2D eigenvalue weighted by Gasteiger charge is 2.24. The molecule has 4 aromatic rings. The molecule has 0 spiro atoms. The Morgan fingerprint density at radius 3 is 2.81 bits per heavy atom. The summed E-state index contributed by atoms with van der Waals surface area (Å²) in [5.74, 6) is 0.855. The highest BCUT2D eigenvalue weighted by Crippen LogP contribution is 2.19. The van der Waals surface area contributed by atoms with E-state index in [-0.39, 0.29) is 18.0 Å². The summed E-state index contributed by atoms with van der Waals surface area (Å²) >= 11 is 0. The summed E-state index contributed by atoms with van der Waals surface area (Å²) in [5.41, 5.74) is 2.15. The highest BCUT2D eigenvalue weighted by atomic mass is 16.5. The van der Waals surface area contributed by atoms with Gasteiger partial charge in [-0.05, 0) is 43.9 Å². The van der Waals surface area contributed by atoms with Gasteiger partial charge in [0.2, 0.25) is 11.8 Å². The van der Waals surface area contributed by atoms with Crippen LogP contribution in [-0.2, 0) is 11.3 Å². The summed E-state index contributed by atoms with van der Waals surface area (Å²) in [6.07, 6.45) is 5.02. The zero-order valence-electron chi connectivity index (χ0n) is 17.8. The van der Waals surface area contributed by atoms with E-state index in [1.165, 1.54) is 10.9 Å². The van der Waals surface area contributed by atoms with Crippen LogP contribution in [0.3, 0.4) is 0 Å². The number of benzene rings is 1. The molecule has 164 valence electrons. The molecular formula is C23H24N6O3. The van der Waals surface area contributed by atoms with E-state index in [1.807, 2.05) is 36.2 Å². The topological polar surface area (TPSA) is 94.6 Å². The lowest BCUT2D eigenvalue weighted by atomic mass is 9.98. The van der Waals surface area contributed by atoms with Crippen LogP contribution in [-0.4, -0.2) is 54.7 Å². The molecule has 0 atom stereocenters. The number of carbonyl (C=O) groups excluding carboxylic acids is 1. The molecule has 1 aliphatic heterocycles. The molecule has 1 amide bonds. The van der Waals surface area contributed by atoms with Crippen LogP contribution in [0.4, 0.5) is 0 Å². The van der Waals surface area contributed by atoms with Crippen molar-refractivity contribution in [3.05, 3.63) is 65.0 Å². The number of amides is 1. The fraction of sp³-hybridized carbons (Fsp3) is 0.348. The minimum atomic E-state index is -0.190. The normalized spacial score (nSPS) is 14.8. The van der Waals surface area contributed by atoms with E-state index in [0.717, 1.165) is 24.2 Å². The lowest BCUT2D eigenvalue weighted by Crippen LogP contribution is -2.42. The number of ether oxygens (including phenoxy) is 1. The Morgan fingerprint density at radius 1 is 1.16 bits per heavy atom. The van der Waals surface area contributed by atoms with Gasteiger partial charge in [0.1, 0.15) is 6.54 Å². The molecule has 0 bridgehead atoms. The molecule has 1 fully saturated rings. The van der Waals surface area contributed by atoms with Gasteiger partial charge in [-0.3, -0.25) is 14.2 Å². The Kier molecular flexibility index (Phi) is 5.30. The van der Waals surface area contributed by atoms with Crippen LogP contribution in [0.2, 0.25) is 0 Å². The second-order valence-corrected chi connectivity index (χ2v) is 8.19. The van der Waals surface area contributed by atoms with Gasteiger partial charge in [0.15, 0.2) is 5.65 Å². The summed E-state index contributed by atoms with van der Waals surface area (Å²) in [6, 6.07) is 10.9. The van der Waals surface area contributed by atoms with E-state index < -0.39 is 0 Å². The van der Waals surface area contributed by atoms with Gasteiger partial charge >= 0.3 is 0 Å². The standard InChI is InChI=1S/C23H24N6O3/c1-16-12-29-20(25-16)6-7-21(26-29)32-14-17-8-10-27(11-9-17)22(30)13-28-15-24-19-5-3-2-4-18(19)23(28)31/h2-7,12,15,17H,8-11,13-14H2,1H3. The second kappa shape index (κ2) is 8.41. The Balaban J connectivity index is 1.15. The first-order valence-electron chi connectivity index (χ1n) is 10.7. The third-order valence-corrected chi connectivity index (χ3v) is 5.89. The van der Waals surface area contributed by atoms with E-state index in [0.29, 0.717) is 42.4 Å². The van der Waals surface area contributed by atoms with Crippen LogP contribution in [0, 0.1) is 12.8 Å². The molecule has 32 heavy (non-hydrogen) atoms. The van der Waals surface area contributed by atoms with Gasteiger partial charge in [-0.15, -0.1) is 5.10 Å². The summed E-state index contributed by atoms with van der Waals surface area (Å²) < 4.78 is 9.00. The molecule has 1 saturated heterocycles. The number of nitrogens with zero attached hydrogens (tertiary/aromatic N) is 6. The molecule has 1 aliphatic rings. The first-order valence-corrected chi connectivity index (χ1v) is 10.7. The van der Waals surface area contributed by atoms with Crippen LogP contribution in [0.25, 0.3) is 16.6 Å². The largest absolute Gasteiger partial charge is 0.476 e. The minimum absolute atomic E-state index is 0.00604. The van der Waals surface area contributed by atoms with Crippen molar-refractivity contribution < 1.29 is 9.53 Å². The Labute approximate surface area is 184 Å². The van der Waals surface area contributed by atoms with Crippen LogP contribution in [0.1, 0.15) is 18.5 Å². The second-order valence-electron chi connectivity index (χ2n) is 8.19. The molecule has 0 N–H and O–H groups in total. The third-order valence-electron chi connectivity index (χ3n) is 5.89. The van der Waals surface area contributed by atoms with Crippen molar-refractivity contribution >= 4 is 22.5 Å². The summed E-state index contributed by atoms with van der Waals surface area (Å²) in [6.45, 7) is 3.79. The molecular weight excluding hydrogens is 408 g/mol. The summed E-state index contributed by atoms with van der Waals surface area (Å²) in [5, 5.41) is 4.95. The van der Waals surface area contributed by atoms with Crippen molar-refractivity contribution in [3.63, 3.8) is 0 Å². The fourth-order valence-electron chi connectivity index (χ4n) is 4.08. The lowest BCUT2D eigenvalue weighted by molar-refractivity contribution is -0.133. The van der Waals surface area contributed by atoms with E-state index in [9.17, 15) is 9.59 Å². The number of para-hydroxylation sites is 1. The van der Waals surface area contributed by atoms with Gasteiger partial charge in [0.05, 0.1) is 35.7 Å². The molecule has 0 unspecified atom stereocenters. The van der Waals surface area contributed by atoms with Crippen LogP contribution in [0.5, 0.6) is 5.88 Å². The predicted octanol–water partition coefficient (Wildman–Crippen LogP) is 2.07. The number of aromatic nitrogens is 5. The van der Waals surface area contributed by atoms with Gasteiger partial charge in [0, 0.05) is 19.2 Å². The van der Waals surface area contributed by atoms with Gasteiger partial charge in [-0.2, -0.15) is 0 Å². The number of likely N-dealkylation sites (tertiary alicyclic amines) is 1. The average molecular weight is 432 g/mol. The Hall–Kier alpha value is -3.75. The number of hydrogen-bond acceptors (Lipinski definition) is 6. The van der Waals surface area contributed by atoms with Crippen LogP contribution < -0.4 is 10.3 Å². The fourth-order valence-corrected chi connectivity index (χ4v) is 4.08. The Morgan fingerprint density at radius 2 is 1.97 bits per heavy atom. The van der Waals surface area contributed by atoms with Crippen molar-refractivity contribution in [2.24, 2.45) is 5.92 Å². The molecule has 0 radical (unpaired) electrons. The number of hydrogen-bond donors (Lipinski definition) is 0. The van der Waals surface area contributed by atoms with Crippen molar-refractivity contribution in [2.75, 3.05) is 19.7 Å². The maximum absolute atomic E-state index is 12.8. The van der Waals surface area contributed by atoms with Crippen LogP contribution >= 0.6 is 0 Å². The van der Waals surface area contributed by atoms with E-state index in [1.54, 1.807) is 22.7 Å². The molecule has 0 saturated carbocycles. The SMILES string of the molecule is Cc1cn2nc(OCC3CCN(C(=O)Cn4cnc5ccccc5c4=O)CC3)ccc2n1. The third kappa shape index (κ3) is 4.05. The van der Waals surface area contributed by atoms with E-state index >= 15 is 0 Å². The molecule has 1 aromatic carbocycles. The summed E-state index contributed by atoms with van der Waals surface area (Å²) in [4.78, 5) is 35.9. The lowest BCUT2D eigenvalue weighted by Gasteiger charge is -2.32. The summed E-state index contributed by atoms with van der Waals surface area (Å²) in [7, 11) is 0. The van der Waals surface area contributed by atoms with Crippen molar-refractivity contribution in [2.45, 2.75) is 26.3 Å². The number of imidazole rings is 1. The van der Waals surface area contributed by atoms with Crippen LogP contribution in [0.15, 0.2) is 53.7 Å². The number of fused-ring (bicyclic) bond motifs is 2. The molecule has 0 aliphatic carbocycles. The van der Waals surface area contributed by atoms with Crippen molar-refractivity contribution in [1.29, 1.82) is 0 Å². The molecule has 4 heterocycles. The smallest absolute Gasteiger partial charge is 0.261 e. The molecule has 9 nitrogen and oxygen atoms in total. The first-order chi connectivity index (χ1) is 15.6. The predicted molar refractivity (Wildman–Crippen MR) is 119 cm³/mol. The highest BCUT2D eigenvalue weighted by molar-refractivity contribution is 5.79.